The zero-order valence-corrected chi connectivity index (χ0v) is 13.5. The largest absolute Gasteiger partial charge is 0.481 e. The van der Waals surface area contributed by atoms with E-state index in [9.17, 15) is 14.7 Å². The van der Waals surface area contributed by atoms with Gasteiger partial charge in [-0.1, -0.05) is 26.7 Å². The van der Waals surface area contributed by atoms with Gasteiger partial charge < -0.3 is 15.2 Å². The second-order valence-electron chi connectivity index (χ2n) is 6.60. The van der Waals surface area contributed by atoms with Crippen LogP contribution in [-0.2, 0) is 14.3 Å². The molecule has 1 aliphatic rings. The lowest BCUT2D eigenvalue weighted by atomic mass is 9.81. The monoisotopic (exact) mass is 299 g/mol. The normalized spacial score (nSPS) is 18.7. The Morgan fingerprint density at radius 2 is 1.90 bits per heavy atom. The van der Waals surface area contributed by atoms with Gasteiger partial charge in [0.15, 0.2) is 0 Å². The summed E-state index contributed by atoms with van der Waals surface area (Å²) in [6, 6.07) is 0. The Kier molecular flexibility index (Phi) is 7.15. The smallest absolute Gasteiger partial charge is 0.308 e. The maximum absolute atomic E-state index is 12.5. The van der Waals surface area contributed by atoms with Gasteiger partial charge in [0, 0.05) is 20.3 Å². The number of methoxy groups -OCH3 is 1. The highest BCUT2D eigenvalue weighted by atomic mass is 16.5. The van der Waals surface area contributed by atoms with Gasteiger partial charge in [-0.25, -0.2) is 0 Å². The highest BCUT2D eigenvalue weighted by Gasteiger charge is 2.40. The summed E-state index contributed by atoms with van der Waals surface area (Å²) in [7, 11) is 1.64. The molecule has 1 atom stereocenters. The molecule has 0 radical (unpaired) electrons. The van der Waals surface area contributed by atoms with Gasteiger partial charge in [-0.05, 0) is 31.6 Å². The van der Waals surface area contributed by atoms with Gasteiger partial charge in [-0.15, -0.1) is 0 Å². The first-order valence-electron chi connectivity index (χ1n) is 7.91. The van der Waals surface area contributed by atoms with Crippen LogP contribution in [-0.4, -0.2) is 37.2 Å². The number of nitrogens with one attached hydrogen (secondary N) is 1. The highest BCUT2D eigenvalue weighted by molar-refractivity contribution is 5.83. The molecule has 0 aromatic rings. The van der Waals surface area contributed by atoms with E-state index in [0.717, 1.165) is 32.1 Å². The van der Waals surface area contributed by atoms with Gasteiger partial charge in [0.25, 0.3) is 0 Å². The summed E-state index contributed by atoms with van der Waals surface area (Å²) >= 11 is 0. The second kappa shape index (κ2) is 8.37. The first-order valence-corrected chi connectivity index (χ1v) is 7.91. The van der Waals surface area contributed by atoms with Gasteiger partial charge in [0.2, 0.25) is 5.91 Å². The maximum atomic E-state index is 12.5. The van der Waals surface area contributed by atoms with Crippen LogP contribution < -0.4 is 5.32 Å². The molecule has 0 heterocycles. The van der Waals surface area contributed by atoms with Crippen molar-refractivity contribution in [2.24, 2.45) is 17.3 Å². The first kappa shape index (κ1) is 18.0. The molecule has 1 amide bonds. The average Bonchev–Trinajstić information content (AvgIpc) is 2.90. The maximum Gasteiger partial charge on any atom is 0.308 e. The molecule has 5 nitrogen and oxygen atoms in total. The summed E-state index contributed by atoms with van der Waals surface area (Å²) < 4.78 is 5.12. The molecule has 0 aliphatic heterocycles. The van der Waals surface area contributed by atoms with E-state index in [1.54, 1.807) is 7.11 Å². The lowest BCUT2D eigenvalue weighted by Gasteiger charge is -2.28. The number of carboxylic acid groups (broad SMARTS) is 1. The van der Waals surface area contributed by atoms with E-state index < -0.39 is 11.9 Å². The molecule has 21 heavy (non-hydrogen) atoms. The quantitative estimate of drug-likeness (QED) is 0.685. The van der Waals surface area contributed by atoms with Gasteiger partial charge in [0.05, 0.1) is 11.3 Å². The predicted octanol–water partition coefficient (Wildman–Crippen LogP) is 2.45. The van der Waals surface area contributed by atoms with Crippen molar-refractivity contribution in [2.75, 3.05) is 20.3 Å². The van der Waals surface area contributed by atoms with Gasteiger partial charge >= 0.3 is 5.97 Å². The number of carbonyl (C=O) groups is 2. The Bertz CT molecular complexity index is 348. The molecule has 1 aliphatic carbocycles. The van der Waals surface area contributed by atoms with Crippen molar-refractivity contribution in [3.8, 4) is 0 Å². The molecule has 0 saturated heterocycles. The first-order chi connectivity index (χ1) is 9.91. The second-order valence-corrected chi connectivity index (χ2v) is 6.60. The molecule has 0 aromatic carbocycles. The Morgan fingerprint density at radius 1 is 1.29 bits per heavy atom. The molecule has 1 saturated carbocycles. The van der Waals surface area contributed by atoms with Gasteiger partial charge in [0.1, 0.15) is 0 Å². The lowest BCUT2D eigenvalue weighted by molar-refractivity contribution is -0.142. The predicted molar refractivity (Wildman–Crippen MR) is 81.0 cm³/mol. The van der Waals surface area contributed by atoms with Crippen LogP contribution in [0.25, 0.3) is 0 Å². The van der Waals surface area contributed by atoms with Crippen LogP contribution in [0.1, 0.15) is 52.4 Å². The number of hydrogen-bond acceptors (Lipinski definition) is 3. The average molecular weight is 299 g/mol. The molecule has 0 aromatic heterocycles. The molecule has 0 bridgehead atoms. The summed E-state index contributed by atoms with van der Waals surface area (Å²) in [4.78, 5) is 23.8. The van der Waals surface area contributed by atoms with Crippen molar-refractivity contribution in [2.45, 2.75) is 52.4 Å². The van der Waals surface area contributed by atoms with Crippen LogP contribution in [0.4, 0.5) is 0 Å². The fraction of sp³-hybridized carbons (Fsp3) is 0.875. The minimum absolute atomic E-state index is 0.00653. The van der Waals surface area contributed by atoms with Crippen molar-refractivity contribution < 1.29 is 19.4 Å². The van der Waals surface area contributed by atoms with Crippen LogP contribution >= 0.6 is 0 Å². The van der Waals surface area contributed by atoms with Crippen LogP contribution in [0.2, 0.25) is 0 Å². The third kappa shape index (κ3) is 5.30. The number of hydrogen-bond donors (Lipinski definition) is 2. The Morgan fingerprint density at radius 3 is 2.38 bits per heavy atom. The van der Waals surface area contributed by atoms with Gasteiger partial charge in [-0.3, -0.25) is 9.59 Å². The van der Waals surface area contributed by atoms with Crippen molar-refractivity contribution in [1.29, 1.82) is 0 Å². The fourth-order valence-corrected chi connectivity index (χ4v) is 3.18. The number of amides is 1. The van der Waals surface area contributed by atoms with E-state index >= 15 is 0 Å². The molecule has 0 spiro atoms. The molecule has 2 N–H and O–H groups in total. The van der Waals surface area contributed by atoms with E-state index in [4.69, 9.17) is 4.74 Å². The number of carbonyl (C=O) groups excluding carboxylic acids is 1. The van der Waals surface area contributed by atoms with Crippen molar-refractivity contribution >= 4 is 11.9 Å². The molecule has 1 unspecified atom stereocenters. The molecular formula is C16H29NO4. The summed E-state index contributed by atoms with van der Waals surface area (Å²) in [5, 5.41) is 12.1. The molecule has 5 heteroatoms. The van der Waals surface area contributed by atoms with E-state index in [0.29, 0.717) is 18.9 Å². The summed E-state index contributed by atoms with van der Waals surface area (Å²) in [6.45, 7) is 4.78. The summed E-state index contributed by atoms with van der Waals surface area (Å²) in [5.74, 6) is -1.03. The van der Waals surface area contributed by atoms with E-state index in [1.807, 2.05) is 13.8 Å². The molecular weight excluding hydrogens is 270 g/mol. The molecule has 122 valence electrons. The number of aliphatic carboxylic acids is 1. The van der Waals surface area contributed by atoms with Crippen molar-refractivity contribution in [1.82, 2.24) is 5.32 Å². The third-order valence-corrected chi connectivity index (χ3v) is 4.44. The SMILES string of the molecule is COCCC1(C(=O)NCC(CC(C)C)C(=O)O)CCCC1. The third-order valence-electron chi connectivity index (χ3n) is 4.44. The molecule has 1 rings (SSSR count). The zero-order chi connectivity index (χ0) is 15.9. The highest BCUT2D eigenvalue weighted by Crippen LogP contribution is 2.41. The minimum atomic E-state index is -0.832. The van der Waals surface area contributed by atoms with E-state index in [1.165, 1.54) is 0 Å². The van der Waals surface area contributed by atoms with E-state index in [-0.39, 0.29) is 17.9 Å². The van der Waals surface area contributed by atoms with Crippen LogP contribution in [0.5, 0.6) is 0 Å². The van der Waals surface area contributed by atoms with Crippen LogP contribution in [0.3, 0.4) is 0 Å². The fourth-order valence-electron chi connectivity index (χ4n) is 3.18. The molecule has 1 fully saturated rings. The summed E-state index contributed by atoms with van der Waals surface area (Å²) in [5.41, 5.74) is -0.350. The Balaban J connectivity index is 2.58. The van der Waals surface area contributed by atoms with Crippen LogP contribution in [0.15, 0.2) is 0 Å². The summed E-state index contributed by atoms with van der Waals surface area (Å²) in [6.07, 6.45) is 5.18. The van der Waals surface area contributed by atoms with Crippen molar-refractivity contribution in [3.63, 3.8) is 0 Å². The number of rotatable bonds is 9. The van der Waals surface area contributed by atoms with E-state index in [2.05, 4.69) is 5.32 Å². The Labute approximate surface area is 127 Å². The minimum Gasteiger partial charge on any atom is -0.481 e. The van der Waals surface area contributed by atoms with Gasteiger partial charge in [-0.2, -0.15) is 0 Å². The van der Waals surface area contributed by atoms with Crippen LogP contribution in [0, 0.1) is 17.3 Å². The lowest BCUT2D eigenvalue weighted by Crippen LogP contribution is -2.43. The zero-order valence-electron chi connectivity index (χ0n) is 13.5. The number of ether oxygens (including phenoxy) is 1. The number of carboxylic acids is 1. The standard InChI is InChI=1S/C16H29NO4/c1-12(2)10-13(14(18)19)11-17-15(20)16(8-9-21-3)6-4-5-7-16/h12-13H,4-11H2,1-3H3,(H,17,20)(H,18,19). The topological polar surface area (TPSA) is 75.6 Å². The van der Waals surface area contributed by atoms with Crippen molar-refractivity contribution in [3.05, 3.63) is 0 Å². The Hall–Kier alpha value is -1.10.